The molecule has 0 saturated heterocycles. The fourth-order valence-electron chi connectivity index (χ4n) is 0.609. The van der Waals surface area contributed by atoms with Crippen LogP contribution in [0.25, 0.3) is 0 Å². The predicted molar refractivity (Wildman–Crippen MR) is 30.7 cm³/mol. The second-order valence-corrected chi connectivity index (χ2v) is 3.78. The highest BCUT2D eigenvalue weighted by atomic mass is 32.2. The van der Waals surface area contributed by atoms with Gasteiger partial charge in [-0.3, -0.25) is 0 Å². The van der Waals surface area contributed by atoms with Crippen molar-refractivity contribution in [3.05, 3.63) is 11.1 Å². The fraction of sp³-hybridized carbons (Fsp3) is 0.500. The molecule has 0 radical (unpaired) electrons. The van der Waals surface area contributed by atoms with Crippen molar-refractivity contribution in [2.75, 3.05) is 5.75 Å². The molecule has 3 nitrogen and oxygen atoms in total. The zero-order chi connectivity index (χ0) is 6.20. The molecule has 0 spiro atoms. The lowest BCUT2D eigenvalue weighted by molar-refractivity contribution is 0.606. The Kier molecular flexibility index (Phi) is 1.04. The smallest absolute Gasteiger partial charge is 0.173 e. The van der Waals surface area contributed by atoms with E-state index in [4.69, 9.17) is 5.73 Å². The van der Waals surface area contributed by atoms with Gasteiger partial charge in [0, 0.05) is 17.5 Å². The van der Waals surface area contributed by atoms with Gasteiger partial charge in [-0.05, 0) is 0 Å². The summed E-state index contributed by atoms with van der Waals surface area (Å²) in [6.07, 6.45) is 0.502. The van der Waals surface area contributed by atoms with Crippen LogP contribution in [0, 0.1) is 0 Å². The molecule has 0 atom stereocenters. The molecule has 4 heteroatoms. The summed E-state index contributed by atoms with van der Waals surface area (Å²) < 4.78 is 21.0. The van der Waals surface area contributed by atoms with Crippen molar-refractivity contribution in [3.8, 4) is 0 Å². The topological polar surface area (TPSA) is 60.2 Å². The van der Waals surface area contributed by atoms with Crippen molar-refractivity contribution in [1.29, 1.82) is 0 Å². The standard InChI is InChI=1S/C4H7NO2S/c5-4-1-2-8(6,7)3-4/h3H,1-2,5H2. The molecule has 46 valence electrons. The van der Waals surface area contributed by atoms with E-state index in [2.05, 4.69) is 0 Å². The summed E-state index contributed by atoms with van der Waals surface area (Å²) in [5.41, 5.74) is 5.67. The lowest BCUT2D eigenvalue weighted by Crippen LogP contribution is -1.93. The van der Waals surface area contributed by atoms with E-state index in [-0.39, 0.29) is 5.75 Å². The van der Waals surface area contributed by atoms with Gasteiger partial charge in [-0.15, -0.1) is 0 Å². The first-order valence-corrected chi connectivity index (χ1v) is 4.00. The van der Waals surface area contributed by atoms with Gasteiger partial charge in [-0.1, -0.05) is 0 Å². The van der Waals surface area contributed by atoms with Gasteiger partial charge in [0.1, 0.15) is 0 Å². The molecule has 0 bridgehead atoms. The third-order valence-electron chi connectivity index (χ3n) is 1.01. The van der Waals surface area contributed by atoms with Gasteiger partial charge in [0.25, 0.3) is 0 Å². The maximum absolute atomic E-state index is 10.5. The summed E-state index contributed by atoms with van der Waals surface area (Å²) in [5.74, 6) is 0.193. The minimum atomic E-state index is -2.88. The molecule has 0 aromatic carbocycles. The summed E-state index contributed by atoms with van der Waals surface area (Å²) in [6.45, 7) is 0. The highest BCUT2D eigenvalue weighted by molar-refractivity contribution is 7.94. The van der Waals surface area contributed by atoms with Crippen LogP contribution in [0.3, 0.4) is 0 Å². The Morgan fingerprint density at radius 3 is 2.38 bits per heavy atom. The number of rotatable bonds is 0. The predicted octanol–water partition coefficient (Wildman–Crippen LogP) is -0.395. The third kappa shape index (κ3) is 1.01. The Labute approximate surface area is 48.1 Å². The molecule has 1 rings (SSSR count). The van der Waals surface area contributed by atoms with Crippen LogP contribution < -0.4 is 5.73 Å². The normalized spacial score (nSPS) is 25.2. The van der Waals surface area contributed by atoms with Crippen LogP contribution >= 0.6 is 0 Å². The first kappa shape index (κ1) is 5.62. The number of hydrogen-bond donors (Lipinski definition) is 1. The van der Waals surface area contributed by atoms with Gasteiger partial charge >= 0.3 is 0 Å². The molecule has 0 aromatic rings. The molecular formula is C4H7NO2S. The zero-order valence-electron chi connectivity index (χ0n) is 4.29. The molecule has 0 amide bonds. The van der Waals surface area contributed by atoms with Crippen molar-refractivity contribution in [2.24, 2.45) is 5.73 Å². The maximum atomic E-state index is 10.5. The van der Waals surface area contributed by atoms with Crippen LogP contribution in [-0.4, -0.2) is 14.2 Å². The highest BCUT2D eigenvalue weighted by Crippen LogP contribution is 2.10. The number of hydrogen-bond acceptors (Lipinski definition) is 3. The first-order valence-electron chi connectivity index (χ1n) is 2.29. The van der Waals surface area contributed by atoms with Gasteiger partial charge in [0.05, 0.1) is 5.75 Å². The van der Waals surface area contributed by atoms with E-state index in [0.717, 1.165) is 5.41 Å². The van der Waals surface area contributed by atoms with Gasteiger partial charge in [0.15, 0.2) is 9.84 Å². The average molecular weight is 133 g/mol. The Bertz CT molecular complexity index is 214. The zero-order valence-corrected chi connectivity index (χ0v) is 5.11. The molecule has 8 heavy (non-hydrogen) atoms. The Balaban J connectivity index is 3.00. The van der Waals surface area contributed by atoms with Crippen LogP contribution in [0.5, 0.6) is 0 Å². The molecule has 0 fully saturated rings. The molecule has 1 aliphatic rings. The molecule has 0 aliphatic carbocycles. The van der Waals surface area contributed by atoms with E-state index < -0.39 is 9.84 Å². The first-order chi connectivity index (χ1) is 3.60. The maximum Gasteiger partial charge on any atom is 0.173 e. The second kappa shape index (κ2) is 1.48. The second-order valence-electron chi connectivity index (χ2n) is 1.81. The minimum Gasteiger partial charge on any atom is -0.401 e. The Hall–Kier alpha value is -0.510. The van der Waals surface area contributed by atoms with Crippen LogP contribution in [0.1, 0.15) is 6.42 Å². The average Bonchev–Trinajstić information content (AvgIpc) is 1.82. The number of allylic oxidation sites excluding steroid dienone is 1. The number of nitrogens with two attached hydrogens (primary N) is 1. The SMILES string of the molecule is NC1=CS(=O)(=O)CC1. The largest absolute Gasteiger partial charge is 0.401 e. The van der Waals surface area contributed by atoms with Crippen LogP contribution in [0.15, 0.2) is 11.1 Å². The Morgan fingerprint density at radius 2 is 2.25 bits per heavy atom. The van der Waals surface area contributed by atoms with Crippen molar-refractivity contribution < 1.29 is 8.42 Å². The van der Waals surface area contributed by atoms with Crippen LogP contribution in [0.4, 0.5) is 0 Å². The summed E-state index contributed by atoms with van der Waals surface area (Å²) >= 11 is 0. The number of sulfone groups is 1. The lowest BCUT2D eigenvalue weighted by atomic mass is 10.4. The molecular weight excluding hydrogens is 126 g/mol. The molecule has 0 saturated carbocycles. The van der Waals surface area contributed by atoms with E-state index in [1.807, 2.05) is 0 Å². The van der Waals surface area contributed by atoms with E-state index >= 15 is 0 Å². The van der Waals surface area contributed by atoms with E-state index in [9.17, 15) is 8.42 Å². The van der Waals surface area contributed by atoms with Gasteiger partial charge < -0.3 is 5.73 Å². The monoisotopic (exact) mass is 133 g/mol. The molecule has 0 aromatic heterocycles. The van der Waals surface area contributed by atoms with Crippen molar-refractivity contribution in [3.63, 3.8) is 0 Å². The van der Waals surface area contributed by atoms with Crippen molar-refractivity contribution >= 4 is 9.84 Å². The minimum absolute atomic E-state index is 0.193. The highest BCUT2D eigenvalue weighted by Gasteiger charge is 2.14. The molecule has 0 unspecified atom stereocenters. The summed E-state index contributed by atoms with van der Waals surface area (Å²) in [5, 5.41) is 1.13. The lowest BCUT2D eigenvalue weighted by Gasteiger charge is -1.80. The van der Waals surface area contributed by atoms with E-state index in [1.54, 1.807) is 0 Å². The molecule has 2 N–H and O–H groups in total. The summed E-state index contributed by atoms with van der Waals surface area (Å²) in [4.78, 5) is 0. The van der Waals surface area contributed by atoms with Gasteiger partial charge in [-0.2, -0.15) is 0 Å². The van der Waals surface area contributed by atoms with Gasteiger partial charge in [0.2, 0.25) is 0 Å². The summed E-state index contributed by atoms with van der Waals surface area (Å²) in [7, 11) is -2.88. The quantitative estimate of drug-likeness (QED) is 0.489. The summed E-state index contributed by atoms with van der Waals surface area (Å²) in [6, 6.07) is 0. The van der Waals surface area contributed by atoms with Gasteiger partial charge in [-0.25, -0.2) is 8.42 Å². The van der Waals surface area contributed by atoms with Crippen molar-refractivity contribution in [2.45, 2.75) is 6.42 Å². The molecule has 1 aliphatic heterocycles. The van der Waals surface area contributed by atoms with E-state index in [0.29, 0.717) is 12.1 Å². The fourth-order valence-corrected chi connectivity index (χ4v) is 1.83. The Morgan fingerprint density at radius 1 is 1.62 bits per heavy atom. The third-order valence-corrected chi connectivity index (χ3v) is 2.44. The van der Waals surface area contributed by atoms with Crippen LogP contribution in [-0.2, 0) is 9.84 Å². The molecule has 1 heterocycles. The van der Waals surface area contributed by atoms with E-state index in [1.165, 1.54) is 0 Å². The van der Waals surface area contributed by atoms with Crippen molar-refractivity contribution in [1.82, 2.24) is 0 Å². The van der Waals surface area contributed by atoms with Crippen LogP contribution in [0.2, 0.25) is 0 Å².